The van der Waals surface area contributed by atoms with Gasteiger partial charge in [0, 0.05) is 26.3 Å². The summed E-state index contributed by atoms with van der Waals surface area (Å²) in [5.41, 5.74) is 1.51. The number of fused-ring (bicyclic) bond motifs is 1. The zero-order valence-electron chi connectivity index (χ0n) is 12.1. The Morgan fingerprint density at radius 1 is 1.20 bits per heavy atom. The van der Waals surface area contributed by atoms with Crippen LogP contribution in [0.3, 0.4) is 0 Å². The first kappa shape index (κ1) is 14.5. The molecular weight excluding hydrogens is 256 g/mol. The highest BCUT2D eigenvalue weighted by atomic mass is 16.5. The normalized spacial score (nSPS) is 10.9. The Morgan fingerprint density at radius 2 is 2.10 bits per heavy atom. The van der Waals surface area contributed by atoms with Crippen LogP contribution in [-0.4, -0.2) is 46.2 Å². The number of imidazole rings is 1. The monoisotopic (exact) mass is 278 g/mol. The third kappa shape index (κ3) is 3.80. The van der Waals surface area contributed by atoms with Crippen LogP contribution in [0.2, 0.25) is 0 Å². The SMILES string of the molecule is CCCNc1nc(NCCCOCC)c2[nH]cnc2n1. The van der Waals surface area contributed by atoms with Crippen LogP contribution in [0.4, 0.5) is 11.8 Å². The molecule has 0 aromatic carbocycles. The standard InChI is InChI=1S/C13H22N6O/c1-3-6-15-13-18-11(14-7-5-8-20-4-2)10-12(19-13)17-9-16-10/h9H,3-8H2,1-2H3,(H3,14,15,16,17,18,19). The number of anilines is 2. The van der Waals surface area contributed by atoms with E-state index in [1.807, 2.05) is 6.92 Å². The lowest BCUT2D eigenvalue weighted by molar-refractivity contribution is 0.147. The zero-order valence-corrected chi connectivity index (χ0v) is 12.1. The predicted molar refractivity (Wildman–Crippen MR) is 80.1 cm³/mol. The van der Waals surface area contributed by atoms with E-state index in [4.69, 9.17) is 4.74 Å². The fourth-order valence-electron chi connectivity index (χ4n) is 1.80. The molecule has 0 unspecified atom stereocenters. The minimum absolute atomic E-state index is 0.610. The van der Waals surface area contributed by atoms with Gasteiger partial charge < -0.3 is 20.4 Å². The van der Waals surface area contributed by atoms with Crippen molar-refractivity contribution in [3.8, 4) is 0 Å². The van der Waals surface area contributed by atoms with E-state index >= 15 is 0 Å². The molecule has 3 N–H and O–H groups in total. The summed E-state index contributed by atoms with van der Waals surface area (Å²) < 4.78 is 5.32. The van der Waals surface area contributed by atoms with Gasteiger partial charge in [-0.05, 0) is 19.8 Å². The largest absolute Gasteiger partial charge is 0.382 e. The Morgan fingerprint density at radius 3 is 2.90 bits per heavy atom. The van der Waals surface area contributed by atoms with Gasteiger partial charge in [-0.15, -0.1) is 0 Å². The van der Waals surface area contributed by atoms with Gasteiger partial charge in [0.1, 0.15) is 5.52 Å². The van der Waals surface area contributed by atoms with E-state index in [-0.39, 0.29) is 0 Å². The van der Waals surface area contributed by atoms with Gasteiger partial charge in [0.25, 0.3) is 0 Å². The van der Waals surface area contributed by atoms with Crippen molar-refractivity contribution in [2.24, 2.45) is 0 Å². The molecule has 0 bridgehead atoms. The molecular formula is C13H22N6O. The number of hydrogen-bond donors (Lipinski definition) is 3. The minimum atomic E-state index is 0.610. The number of nitrogens with one attached hydrogen (secondary N) is 3. The molecule has 0 spiro atoms. The molecule has 0 aliphatic rings. The third-order valence-corrected chi connectivity index (χ3v) is 2.78. The first-order valence-corrected chi connectivity index (χ1v) is 7.11. The van der Waals surface area contributed by atoms with Crippen LogP contribution >= 0.6 is 0 Å². The summed E-state index contributed by atoms with van der Waals surface area (Å²) in [6.45, 7) is 7.26. The van der Waals surface area contributed by atoms with Crippen LogP contribution in [0.25, 0.3) is 11.2 Å². The van der Waals surface area contributed by atoms with Crippen molar-refractivity contribution in [2.75, 3.05) is 36.9 Å². The first-order valence-electron chi connectivity index (χ1n) is 7.11. The fraction of sp³-hybridized carbons (Fsp3) is 0.615. The summed E-state index contributed by atoms with van der Waals surface area (Å²) in [5.74, 6) is 1.39. The number of nitrogens with zero attached hydrogens (tertiary/aromatic N) is 3. The molecule has 0 saturated carbocycles. The van der Waals surface area contributed by atoms with E-state index in [1.54, 1.807) is 6.33 Å². The van der Waals surface area contributed by atoms with Crippen molar-refractivity contribution in [1.82, 2.24) is 19.9 Å². The van der Waals surface area contributed by atoms with Crippen LogP contribution in [0.15, 0.2) is 6.33 Å². The van der Waals surface area contributed by atoms with Crippen LogP contribution in [0.1, 0.15) is 26.7 Å². The van der Waals surface area contributed by atoms with Crippen molar-refractivity contribution in [2.45, 2.75) is 26.7 Å². The van der Waals surface area contributed by atoms with Crippen LogP contribution < -0.4 is 10.6 Å². The number of aromatic nitrogens is 4. The molecule has 110 valence electrons. The number of ether oxygens (including phenoxy) is 1. The van der Waals surface area contributed by atoms with E-state index in [0.29, 0.717) is 11.6 Å². The second kappa shape index (κ2) is 7.64. The molecule has 2 aromatic rings. The lowest BCUT2D eigenvalue weighted by Gasteiger charge is -2.09. The molecule has 7 heteroatoms. The van der Waals surface area contributed by atoms with Crippen molar-refractivity contribution >= 4 is 22.9 Å². The number of H-pyrrole nitrogens is 1. The van der Waals surface area contributed by atoms with Gasteiger partial charge in [0.05, 0.1) is 6.33 Å². The van der Waals surface area contributed by atoms with E-state index < -0.39 is 0 Å². The van der Waals surface area contributed by atoms with Gasteiger partial charge in [-0.25, -0.2) is 4.98 Å². The molecule has 2 rings (SSSR count). The molecule has 2 aromatic heterocycles. The molecule has 20 heavy (non-hydrogen) atoms. The average molecular weight is 278 g/mol. The maximum absolute atomic E-state index is 5.32. The molecule has 0 radical (unpaired) electrons. The Balaban J connectivity index is 2.03. The van der Waals surface area contributed by atoms with Gasteiger partial charge in [0.15, 0.2) is 11.5 Å². The van der Waals surface area contributed by atoms with Crippen LogP contribution in [0.5, 0.6) is 0 Å². The Kier molecular flexibility index (Phi) is 5.55. The summed E-state index contributed by atoms with van der Waals surface area (Å²) in [6.07, 6.45) is 3.60. The Bertz CT molecular complexity index is 527. The van der Waals surface area contributed by atoms with Gasteiger partial charge in [0.2, 0.25) is 5.95 Å². The highest BCUT2D eigenvalue weighted by molar-refractivity contribution is 5.83. The lowest BCUT2D eigenvalue weighted by atomic mass is 10.4. The second-order valence-corrected chi connectivity index (χ2v) is 4.40. The number of aromatic amines is 1. The highest BCUT2D eigenvalue weighted by Gasteiger charge is 2.09. The molecule has 0 aliphatic heterocycles. The van der Waals surface area contributed by atoms with E-state index in [1.165, 1.54) is 0 Å². The molecule has 0 fully saturated rings. The lowest BCUT2D eigenvalue weighted by Crippen LogP contribution is -2.10. The van der Waals surface area contributed by atoms with E-state index in [9.17, 15) is 0 Å². The maximum Gasteiger partial charge on any atom is 0.226 e. The number of rotatable bonds is 9. The summed E-state index contributed by atoms with van der Waals surface area (Å²) in [4.78, 5) is 16.1. The third-order valence-electron chi connectivity index (χ3n) is 2.78. The summed E-state index contributed by atoms with van der Waals surface area (Å²) in [5, 5.41) is 6.49. The van der Waals surface area contributed by atoms with Crippen LogP contribution in [-0.2, 0) is 4.74 Å². The molecule has 0 atom stereocenters. The van der Waals surface area contributed by atoms with Crippen molar-refractivity contribution < 1.29 is 4.74 Å². The Hall–Kier alpha value is -1.89. The van der Waals surface area contributed by atoms with Crippen molar-refractivity contribution in [1.29, 1.82) is 0 Å². The number of hydrogen-bond acceptors (Lipinski definition) is 6. The first-order chi connectivity index (χ1) is 9.85. The zero-order chi connectivity index (χ0) is 14.2. The highest BCUT2D eigenvalue weighted by Crippen LogP contribution is 2.18. The smallest absolute Gasteiger partial charge is 0.226 e. The van der Waals surface area contributed by atoms with Gasteiger partial charge in [-0.3, -0.25) is 0 Å². The summed E-state index contributed by atoms with van der Waals surface area (Å²) in [6, 6.07) is 0. The molecule has 0 saturated heterocycles. The van der Waals surface area contributed by atoms with E-state index in [2.05, 4.69) is 37.5 Å². The topological polar surface area (TPSA) is 87.8 Å². The minimum Gasteiger partial charge on any atom is -0.382 e. The Labute approximate surface area is 118 Å². The van der Waals surface area contributed by atoms with E-state index in [0.717, 1.165) is 50.5 Å². The molecule has 2 heterocycles. The van der Waals surface area contributed by atoms with Crippen molar-refractivity contribution in [3.63, 3.8) is 0 Å². The van der Waals surface area contributed by atoms with Crippen LogP contribution in [0, 0.1) is 0 Å². The second-order valence-electron chi connectivity index (χ2n) is 4.40. The van der Waals surface area contributed by atoms with Gasteiger partial charge in [-0.2, -0.15) is 9.97 Å². The quantitative estimate of drug-likeness (QED) is 0.608. The molecule has 0 amide bonds. The fourth-order valence-corrected chi connectivity index (χ4v) is 1.80. The molecule has 0 aliphatic carbocycles. The summed E-state index contributed by atoms with van der Waals surface area (Å²) in [7, 11) is 0. The van der Waals surface area contributed by atoms with Gasteiger partial charge >= 0.3 is 0 Å². The predicted octanol–water partition coefficient (Wildman–Crippen LogP) is 2.01. The molecule has 7 nitrogen and oxygen atoms in total. The van der Waals surface area contributed by atoms with Crippen molar-refractivity contribution in [3.05, 3.63) is 6.33 Å². The van der Waals surface area contributed by atoms with Gasteiger partial charge in [-0.1, -0.05) is 6.92 Å². The average Bonchev–Trinajstić information content (AvgIpc) is 2.93. The maximum atomic E-state index is 5.32. The summed E-state index contributed by atoms with van der Waals surface area (Å²) >= 11 is 0.